The molecule has 1 fully saturated rings. The van der Waals surface area contributed by atoms with Gasteiger partial charge < -0.3 is 4.90 Å². The van der Waals surface area contributed by atoms with E-state index in [-0.39, 0.29) is 11.9 Å². The molecule has 0 unspecified atom stereocenters. The molecule has 0 N–H and O–H groups in total. The molecule has 3 heterocycles. The van der Waals surface area contributed by atoms with Crippen LogP contribution in [0.1, 0.15) is 18.5 Å². The highest BCUT2D eigenvalue weighted by Crippen LogP contribution is 2.23. The van der Waals surface area contributed by atoms with Crippen molar-refractivity contribution in [3.8, 4) is 0 Å². The molecule has 8 heteroatoms. The van der Waals surface area contributed by atoms with Gasteiger partial charge >= 0.3 is 0 Å². The molecule has 24 heavy (non-hydrogen) atoms. The Labute approximate surface area is 138 Å². The number of aromatic nitrogens is 5. The van der Waals surface area contributed by atoms with Gasteiger partial charge in [0.1, 0.15) is 5.82 Å². The van der Waals surface area contributed by atoms with Crippen LogP contribution >= 0.6 is 0 Å². The predicted octanol–water partition coefficient (Wildman–Crippen LogP) is 1.54. The van der Waals surface area contributed by atoms with E-state index in [9.17, 15) is 4.39 Å². The first-order chi connectivity index (χ1) is 11.7. The fourth-order valence-corrected chi connectivity index (χ4v) is 3.12. The molecule has 7 nitrogen and oxygen atoms in total. The molecule has 0 bridgehead atoms. The second-order valence-corrected chi connectivity index (χ2v) is 5.97. The third-order valence-electron chi connectivity index (χ3n) is 4.57. The van der Waals surface area contributed by atoms with Crippen LogP contribution in [-0.4, -0.2) is 56.3 Å². The summed E-state index contributed by atoms with van der Waals surface area (Å²) in [4.78, 5) is 4.58. The summed E-state index contributed by atoms with van der Waals surface area (Å²) < 4.78 is 14.9. The molecule has 0 aliphatic carbocycles. The van der Waals surface area contributed by atoms with Crippen molar-refractivity contribution in [1.82, 2.24) is 30.2 Å². The average molecular weight is 327 g/mol. The molecule has 2 aromatic heterocycles. The van der Waals surface area contributed by atoms with E-state index in [0.717, 1.165) is 37.6 Å². The molecule has 0 radical (unpaired) electrons. The van der Waals surface area contributed by atoms with Crippen molar-refractivity contribution in [2.75, 3.05) is 31.1 Å². The largest absolute Gasteiger partial charge is 0.353 e. The zero-order valence-electron chi connectivity index (χ0n) is 13.4. The highest BCUT2D eigenvalue weighted by molar-refractivity contribution is 5.44. The maximum atomic E-state index is 13.4. The molecule has 1 saturated heterocycles. The number of benzene rings is 1. The van der Waals surface area contributed by atoms with Crippen LogP contribution in [0.25, 0.3) is 5.65 Å². The van der Waals surface area contributed by atoms with E-state index in [2.05, 4.69) is 37.3 Å². The van der Waals surface area contributed by atoms with Crippen LogP contribution in [0.3, 0.4) is 0 Å². The standard InChI is InChI=1S/C16H18FN7/c1-12(13-3-2-4-14(17)11-13)22-7-9-23(10-8-22)16-6-5-15-18-20-21-24(15)19-16/h2-6,11-12H,7-10H2,1H3/t12-/m1/s1. The van der Waals surface area contributed by atoms with Gasteiger partial charge in [0.15, 0.2) is 11.5 Å². The Bertz CT molecular complexity index is 841. The molecule has 0 spiro atoms. The molecule has 0 amide bonds. The van der Waals surface area contributed by atoms with Crippen LogP contribution in [0.2, 0.25) is 0 Å². The minimum atomic E-state index is -0.183. The van der Waals surface area contributed by atoms with E-state index >= 15 is 0 Å². The van der Waals surface area contributed by atoms with E-state index in [1.165, 1.54) is 10.7 Å². The Balaban J connectivity index is 1.44. The van der Waals surface area contributed by atoms with E-state index in [1.54, 1.807) is 12.1 Å². The summed E-state index contributed by atoms with van der Waals surface area (Å²) in [6, 6.07) is 10.8. The maximum absolute atomic E-state index is 13.4. The van der Waals surface area contributed by atoms with Crippen molar-refractivity contribution >= 4 is 11.5 Å². The van der Waals surface area contributed by atoms with Crippen molar-refractivity contribution in [1.29, 1.82) is 0 Å². The molecule has 4 rings (SSSR count). The zero-order chi connectivity index (χ0) is 16.5. The lowest BCUT2D eigenvalue weighted by molar-refractivity contribution is 0.197. The fourth-order valence-electron chi connectivity index (χ4n) is 3.12. The molecule has 1 aliphatic rings. The van der Waals surface area contributed by atoms with Gasteiger partial charge in [0.05, 0.1) is 0 Å². The number of rotatable bonds is 3. The minimum Gasteiger partial charge on any atom is -0.353 e. The van der Waals surface area contributed by atoms with Crippen LogP contribution in [0.15, 0.2) is 36.4 Å². The zero-order valence-corrected chi connectivity index (χ0v) is 13.4. The SMILES string of the molecule is C[C@H](c1cccc(F)c1)N1CCN(c2ccc3nnnn3n2)CC1. The number of halogens is 1. The van der Waals surface area contributed by atoms with Gasteiger partial charge in [-0.25, -0.2) is 4.39 Å². The second-order valence-electron chi connectivity index (χ2n) is 5.97. The molecular formula is C16H18FN7. The lowest BCUT2D eigenvalue weighted by atomic mass is 10.1. The molecular weight excluding hydrogens is 309 g/mol. The number of tetrazole rings is 1. The topological polar surface area (TPSA) is 62.5 Å². The molecule has 3 aromatic rings. The van der Waals surface area contributed by atoms with Crippen LogP contribution in [0, 0.1) is 5.82 Å². The summed E-state index contributed by atoms with van der Waals surface area (Å²) in [5, 5.41) is 15.7. The monoisotopic (exact) mass is 327 g/mol. The quantitative estimate of drug-likeness (QED) is 0.727. The Hall–Kier alpha value is -2.61. The first-order valence-corrected chi connectivity index (χ1v) is 8.00. The first kappa shape index (κ1) is 14.9. The lowest BCUT2D eigenvalue weighted by Gasteiger charge is -2.38. The van der Waals surface area contributed by atoms with Gasteiger partial charge in [-0.2, -0.15) is 0 Å². The average Bonchev–Trinajstić information content (AvgIpc) is 3.09. The van der Waals surface area contributed by atoms with Crippen LogP contribution in [-0.2, 0) is 0 Å². The fraction of sp³-hybridized carbons (Fsp3) is 0.375. The van der Waals surface area contributed by atoms with Gasteiger partial charge in [0.25, 0.3) is 0 Å². The number of hydrogen-bond acceptors (Lipinski definition) is 6. The Morgan fingerprint density at radius 1 is 1.08 bits per heavy atom. The predicted molar refractivity (Wildman–Crippen MR) is 87.2 cm³/mol. The van der Waals surface area contributed by atoms with E-state index in [4.69, 9.17) is 0 Å². The molecule has 124 valence electrons. The van der Waals surface area contributed by atoms with Gasteiger partial charge in [0, 0.05) is 32.2 Å². The van der Waals surface area contributed by atoms with Crippen molar-refractivity contribution in [2.45, 2.75) is 13.0 Å². The maximum Gasteiger partial charge on any atom is 0.200 e. The normalized spacial score (nSPS) is 17.3. The third-order valence-corrected chi connectivity index (χ3v) is 4.57. The summed E-state index contributed by atoms with van der Waals surface area (Å²) >= 11 is 0. The van der Waals surface area contributed by atoms with Gasteiger partial charge in [0.2, 0.25) is 0 Å². The first-order valence-electron chi connectivity index (χ1n) is 8.00. The number of nitrogens with zero attached hydrogens (tertiary/aromatic N) is 7. The van der Waals surface area contributed by atoms with Gasteiger partial charge in [-0.15, -0.1) is 14.8 Å². The Kier molecular flexibility index (Phi) is 3.81. The van der Waals surface area contributed by atoms with Crippen LogP contribution in [0.5, 0.6) is 0 Å². The summed E-state index contributed by atoms with van der Waals surface area (Å²) in [6.07, 6.45) is 0. The molecule has 1 aromatic carbocycles. The van der Waals surface area contributed by atoms with Crippen LogP contribution < -0.4 is 4.90 Å². The van der Waals surface area contributed by atoms with Gasteiger partial charge in [-0.05, 0) is 47.2 Å². The second kappa shape index (κ2) is 6.12. The number of anilines is 1. The van der Waals surface area contributed by atoms with Gasteiger partial charge in [-0.3, -0.25) is 4.90 Å². The van der Waals surface area contributed by atoms with Crippen LogP contribution in [0.4, 0.5) is 10.2 Å². The van der Waals surface area contributed by atoms with Crippen molar-refractivity contribution in [3.05, 3.63) is 47.8 Å². The van der Waals surface area contributed by atoms with Gasteiger partial charge in [-0.1, -0.05) is 12.1 Å². The summed E-state index contributed by atoms with van der Waals surface area (Å²) in [5.41, 5.74) is 1.65. The molecule has 0 saturated carbocycles. The Morgan fingerprint density at radius 3 is 2.71 bits per heavy atom. The summed E-state index contributed by atoms with van der Waals surface area (Å²) in [7, 11) is 0. The minimum absolute atomic E-state index is 0.183. The third kappa shape index (κ3) is 2.80. The van der Waals surface area contributed by atoms with Crippen molar-refractivity contribution in [3.63, 3.8) is 0 Å². The van der Waals surface area contributed by atoms with E-state index < -0.39 is 0 Å². The number of fused-ring (bicyclic) bond motifs is 1. The van der Waals surface area contributed by atoms with Crippen molar-refractivity contribution < 1.29 is 4.39 Å². The molecule has 1 aliphatic heterocycles. The highest BCUT2D eigenvalue weighted by Gasteiger charge is 2.23. The van der Waals surface area contributed by atoms with Crippen molar-refractivity contribution in [2.24, 2.45) is 0 Å². The number of piperazine rings is 1. The summed E-state index contributed by atoms with van der Waals surface area (Å²) in [5.74, 6) is 0.685. The van der Waals surface area contributed by atoms with E-state index in [0.29, 0.717) is 5.65 Å². The summed E-state index contributed by atoms with van der Waals surface area (Å²) in [6.45, 7) is 5.64. The lowest BCUT2D eigenvalue weighted by Crippen LogP contribution is -2.47. The number of hydrogen-bond donors (Lipinski definition) is 0. The van der Waals surface area contributed by atoms with E-state index in [1.807, 2.05) is 18.2 Å². The highest BCUT2D eigenvalue weighted by atomic mass is 19.1. The Morgan fingerprint density at radius 2 is 1.92 bits per heavy atom. The smallest absolute Gasteiger partial charge is 0.200 e. The molecule has 1 atom stereocenters.